The highest BCUT2D eigenvalue weighted by molar-refractivity contribution is 5.85. The Kier molecular flexibility index (Phi) is 4.11. The van der Waals surface area contributed by atoms with Gasteiger partial charge in [-0.05, 0) is 6.92 Å². The monoisotopic (exact) mass is 230 g/mol. The van der Waals surface area contributed by atoms with Crippen LogP contribution in [-0.2, 0) is 11.3 Å². The first kappa shape index (κ1) is 12.0. The summed E-state index contributed by atoms with van der Waals surface area (Å²) in [7, 11) is 0. The third-order valence-electron chi connectivity index (χ3n) is 2.32. The lowest BCUT2D eigenvalue weighted by Crippen LogP contribution is -2.43. The van der Waals surface area contributed by atoms with E-state index in [0.29, 0.717) is 6.54 Å². The summed E-state index contributed by atoms with van der Waals surface area (Å²) in [6.07, 6.45) is 3.64. The van der Waals surface area contributed by atoms with E-state index in [2.05, 4.69) is 15.6 Å². The van der Waals surface area contributed by atoms with Crippen LogP contribution in [0.3, 0.4) is 0 Å². The highest BCUT2D eigenvalue weighted by atomic mass is 35.5. The first-order valence-electron chi connectivity index (χ1n) is 4.85. The predicted molar refractivity (Wildman–Crippen MR) is 58.9 cm³/mol. The van der Waals surface area contributed by atoms with E-state index < -0.39 is 0 Å². The van der Waals surface area contributed by atoms with Crippen molar-refractivity contribution >= 4 is 18.3 Å². The Morgan fingerprint density at radius 3 is 3.33 bits per heavy atom. The number of hydrogen-bond acceptors (Lipinski definition) is 3. The molecule has 84 valence electrons. The third kappa shape index (κ3) is 2.30. The average Bonchev–Trinajstić information content (AvgIpc) is 2.65. The molecule has 0 saturated heterocycles. The zero-order chi connectivity index (χ0) is 9.97. The standard InChI is InChI=1S/C9H14N4O.ClH/c1-2-10-9(14)7-8-12-4-6-13(8)5-3-11-7;/h4,6-7,11H,2-3,5H2,1H3,(H,10,14);1H. The van der Waals surface area contributed by atoms with Crippen LogP contribution in [0.1, 0.15) is 18.8 Å². The van der Waals surface area contributed by atoms with Crippen molar-refractivity contribution in [2.75, 3.05) is 13.1 Å². The fourth-order valence-corrected chi connectivity index (χ4v) is 1.68. The molecular formula is C9H15ClN4O. The number of nitrogens with one attached hydrogen (secondary N) is 2. The number of amides is 1. The topological polar surface area (TPSA) is 59.0 Å². The van der Waals surface area contributed by atoms with E-state index in [-0.39, 0.29) is 24.4 Å². The van der Waals surface area contributed by atoms with Gasteiger partial charge in [0.25, 0.3) is 0 Å². The molecule has 6 heteroatoms. The quantitative estimate of drug-likeness (QED) is 0.757. The second-order valence-electron chi connectivity index (χ2n) is 3.26. The minimum Gasteiger partial charge on any atom is -0.355 e. The molecule has 1 aromatic rings. The molecule has 0 aromatic carbocycles. The Labute approximate surface area is 94.7 Å². The molecule has 1 aliphatic heterocycles. The van der Waals surface area contributed by atoms with Crippen LogP contribution in [0.5, 0.6) is 0 Å². The summed E-state index contributed by atoms with van der Waals surface area (Å²) in [5.41, 5.74) is 0. The van der Waals surface area contributed by atoms with Crippen molar-refractivity contribution in [3.05, 3.63) is 18.2 Å². The van der Waals surface area contributed by atoms with E-state index >= 15 is 0 Å². The second-order valence-corrected chi connectivity index (χ2v) is 3.26. The van der Waals surface area contributed by atoms with Crippen molar-refractivity contribution in [3.8, 4) is 0 Å². The molecule has 15 heavy (non-hydrogen) atoms. The van der Waals surface area contributed by atoms with E-state index in [0.717, 1.165) is 18.9 Å². The van der Waals surface area contributed by atoms with Gasteiger partial charge in [0, 0.05) is 32.0 Å². The maximum Gasteiger partial charge on any atom is 0.244 e. The minimum atomic E-state index is -0.293. The number of nitrogens with zero attached hydrogens (tertiary/aromatic N) is 2. The van der Waals surface area contributed by atoms with Crippen LogP contribution in [-0.4, -0.2) is 28.5 Å². The van der Waals surface area contributed by atoms with Gasteiger partial charge in [-0.15, -0.1) is 12.4 Å². The number of fused-ring (bicyclic) bond motifs is 1. The van der Waals surface area contributed by atoms with Crippen molar-refractivity contribution in [1.82, 2.24) is 20.2 Å². The van der Waals surface area contributed by atoms with Crippen molar-refractivity contribution in [3.63, 3.8) is 0 Å². The lowest BCUT2D eigenvalue weighted by atomic mass is 10.2. The Morgan fingerprint density at radius 2 is 2.60 bits per heavy atom. The Morgan fingerprint density at radius 1 is 1.80 bits per heavy atom. The van der Waals surface area contributed by atoms with Crippen molar-refractivity contribution in [1.29, 1.82) is 0 Å². The van der Waals surface area contributed by atoms with Gasteiger partial charge < -0.3 is 9.88 Å². The van der Waals surface area contributed by atoms with Crippen LogP contribution in [0.15, 0.2) is 12.4 Å². The summed E-state index contributed by atoms with van der Waals surface area (Å²) in [5, 5.41) is 5.94. The molecule has 0 saturated carbocycles. The molecule has 1 amide bonds. The van der Waals surface area contributed by atoms with Gasteiger partial charge in [-0.25, -0.2) is 4.98 Å². The third-order valence-corrected chi connectivity index (χ3v) is 2.32. The number of imidazole rings is 1. The van der Waals surface area contributed by atoms with Crippen LogP contribution in [0, 0.1) is 0 Å². The SMILES string of the molecule is CCNC(=O)C1NCCn2ccnc21.Cl. The summed E-state index contributed by atoms with van der Waals surface area (Å²) in [4.78, 5) is 15.8. The molecule has 2 rings (SSSR count). The summed E-state index contributed by atoms with van der Waals surface area (Å²) < 4.78 is 2.01. The number of halogens is 1. The van der Waals surface area contributed by atoms with E-state index in [1.807, 2.05) is 17.7 Å². The number of carbonyl (C=O) groups is 1. The van der Waals surface area contributed by atoms with E-state index in [1.165, 1.54) is 0 Å². The first-order valence-corrected chi connectivity index (χ1v) is 4.85. The Balaban J connectivity index is 0.00000112. The molecule has 1 atom stereocenters. The zero-order valence-electron chi connectivity index (χ0n) is 8.56. The predicted octanol–water partition coefficient (Wildman–Crippen LogP) is 0.0853. The smallest absolute Gasteiger partial charge is 0.244 e. The first-order chi connectivity index (χ1) is 6.83. The lowest BCUT2D eigenvalue weighted by molar-refractivity contribution is -0.123. The maximum absolute atomic E-state index is 11.6. The van der Waals surface area contributed by atoms with E-state index in [1.54, 1.807) is 6.20 Å². The van der Waals surface area contributed by atoms with Gasteiger partial charge in [-0.2, -0.15) is 0 Å². The molecule has 1 unspecified atom stereocenters. The van der Waals surface area contributed by atoms with Crippen molar-refractivity contribution < 1.29 is 4.79 Å². The fraction of sp³-hybridized carbons (Fsp3) is 0.556. The molecule has 1 aliphatic rings. The number of hydrogen-bond donors (Lipinski definition) is 2. The van der Waals surface area contributed by atoms with E-state index in [9.17, 15) is 4.79 Å². The Hall–Kier alpha value is -1.07. The summed E-state index contributed by atoms with van der Waals surface area (Å²) in [6.45, 7) is 4.25. The summed E-state index contributed by atoms with van der Waals surface area (Å²) in [5.74, 6) is 0.807. The normalized spacial score (nSPS) is 18.9. The fourth-order valence-electron chi connectivity index (χ4n) is 1.68. The van der Waals surface area contributed by atoms with Gasteiger partial charge in [-0.3, -0.25) is 10.1 Å². The van der Waals surface area contributed by atoms with Crippen LogP contribution in [0.25, 0.3) is 0 Å². The zero-order valence-corrected chi connectivity index (χ0v) is 9.38. The van der Waals surface area contributed by atoms with Gasteiger partial charge in [0.15, 0.2) is 0 Å². The lowest BCUT2D eigenvalue weighted by Gasteiger charge is -2.23. The van der Waals surface area contributed by atoms with Crippen LogP contribution in [0.2, 0.25) is 0 Å². The molecule has 0 bridgehead atoms. The van der Waals surface area contributed by atoms with Crippen molar-refractivity contribution in [2.24, 2.45) is 0 Å². The molecule has 2 heterocycles. The van der Waals surface area contributed by atoms with E-state index in [4.69, 9.17) is 0 Å². The molecule has 0 aliphatic carbocycles. The number of rotatable bonds is 2. The number of carbonyl (C=O) groups excluding carboxylic acids is 1. The van der Waals surface area contributed by atoms with Crippen molar-refractivity contribution in [2.45, 2.75) is 19.5 Å². The molecule has 2 N–H and O–H groups in total. The number of aromatic nitrogens is 2. The Bertz CT molecular complexity index is 339. The highest BCUT2D eigenvalue weighted by Gasteiger charge is 2.26. The van der Waals surface area contributed by atoms with Gasteiger partial charge in [0.05, 0.1) is 0 Å². The second kappa shape index (κ2) is 5.14. The maximum atomic E-state index is 11.6. The highest BCUT2D eigenvalue weighted by Crippen LogP contribution is 2.14. The van der Waals surface area contributed by atoms with Crippen LogP contribution in [0.4, 0.5) is 0 Å². The molecular weight excluding hydrogens is 216 g/mol. The molecule has 0 fully saturated rings. The van der Waals surface area contributed by atoms with Crippen LogP contribution < -0.4 is 10.6 Å². The average molecular weight is 231 g/mol. The van der Waals surface area contributed by atoms with Gasteiger partial charge in [0.1, 0.15) is 11.9 Å². The molecule has 5 nitrogen and oxygen atoms in total. The molecule has 1 aromatic heterocycles. The molecule has 0 radical (unpaired) electrons. The summed E-state index contributed by atoms with van der Waals surface area (Å²) >= 11 is 0. The number of likely N-dealkylation sites (N-methyl/N-ethyl adjacent to an activating group) is 1. The minimum absolute atomic E-state index is 0. The van der Waals surface area contributed by atoms with Gasteiger partial charge in [-0.1, -0.05) is 0 Å². The van der Waals surface area contributed by atoms with Gasteiger partial charge in [0.2, 0.25) is 5.91 Å². The largest absolute Gasteiger partial charge is 0.355 e. The van der Waals surface area contributed by atoms with Gasteiger partial charge >= 0.3 is 0 Å². The summed E-state index contributed by atoms with van der Waals surface area (Å²) in [6, 6.07) is -0.293. The molecule has 0 spiro atoms. The van der Waals surface area contributed by atoms with Crippen LogP contribution >= 0.6 is 12.4 Å².